The average Bonchev–Trinajstić information content (AvgIpc) is 2.95. The van der Waals surface area contributed by atoms with Crippen molar-refractivity contribution in [1.29, 1.82) is 0 Å². The van der Waals surface area contributed by atoms with Crippen LogP contribution in [0.25, 0.3) is 0 Å². The van der Waals surface area contributed by atoms with Crippen molar-refractivity contribution in [3.05, 3.63) is 28.8 Å². The summed E-state index contributed by atoms with van der Waals surface area (Å²) in [5.41, 5.74) is 1.86. The Balaban J connectivity index is 2.36. The number of hydrogen-bond donors (Lipinski definition) is 3. The topological polar surface area (TPSA) is 63.3 Å². The van der Waals surface area contributed by atoms with Crippen molar-refractivity contribution < 1.29 is 14.9 Å². The molecule has 4 nitrogen and oxygen atoms in total. The molecule has 1 aliphatic rings. The van der Waals surface area contributed by atoms with E-state index in [9.17, 15) is 9.90 Å². The van der Waals surface area contributed by atoms with Crippen LogP contribution in [0.15, 0.2) is 12.1 Å². The molecular weight excluding hydrogens is 300 g/mol. The fraction of sp³-hybridized carbons (Fsp3) is 0.600. The Labute approximate surface area is 145 Å². The second-order valence-corrected chi connectivity index (χ2v) is 8.71. The quantitative estimate of drug-likeness (QED) is 0.743. The number of phenols is 1. The van der Waals surface area contributed by atoms with E-state index in [2.05, 4.69) is 51.9 Å². The summed E-state index contributed by atoms with van der Waals surface area (Å²) in [5, 5.41) is 13.9. The van der Waals surface area contributed by atoms with E-state index in [4.69, 9.17) is 0 Å². The number of nitrogens with one attached hydrogen (secondary N) is 2. The monoisotopic (exact) mass is 331 g/mol. The van der Waals surface area contributed by atoms with Crippen LogP contribution in [-0.4, -0.2) is 29.8 Å². The third-order valence-electron chi connectivity index (χ3n) is 4.45. The summed E-state index contributed by atoms with van der Waals surface area (Å²) in [5.74, 6) is 1.41. The Hall–Kier alpha value is -1.84. The lowest BCUT2D eigenvalue weighted by molar-refractivity contribution is -0.449. The second-order valence-electron chi connectivity index (χ2n) is 8.71. The molecule has 1 aromatic rings. The Morgan fingerprint density at radius 3 is 2.08 bits per heavy atom. The summed E-state index contributed by atoms with van der Waals surface area (Å²) in [6.07, 6.45) is 2.08. The van der Waals surface area contributed by atoms with Gasteiger partial charge in [0.05, 0.1) is 13.0 Å². The first-order chi connectivity index (χ1) is 11.0. The smallest absolute Gasteiger partial charge is 0.243 e. The summed E-state index contributed by atoms with van der Waals surface area (Å²) >= 11 is 0. The molecule has 2 rings (SSSR count). The number of amidine groups is 1. The number of rotatable bonds is 3. The number of ketones is 1. The molecule has 0 saturated heterocycles. The van der Waals surface area contributed by atoms with Crippen LogP contribution in [0, 0.1) is 0 Å². The van der Waals surface area contributed by atoms with Gasteiger partial charge in [0.1, 0.15) is 12.3 Å². The van der Waals surface area contributed by atoms with Gasteiger partial charge in [-0.05, 0) is 29.4 Å². The highest BCUT2D eigenvalue weighted by Crippen LogP contribution is 2.39. The molecule has 24 heavy (non-hydrogen) atoms. The van der Waals surface area contributed by atoms with Crippen molar-refractivity contribution in [1.82, 2.24) is 5.32 Å². The molecule has 0 aromatic heterocycles. The number of hydrogen-bond acceptors (Lipinski definition) is 3. The molecular formula is C20H31N2O2+. The van der Waals surface area contributed by atoms with Crippen molar-refractivity contribution in [3.63, 3.8) is 0 Å². The summed E-state index contributed by atoms with van der Waals surface area (Å²) in [6, 6.07) is 3.70. The fourth-order valence-electron chi connectivity index (χ4n) is 2.97. The molecule has 0 radical (unpaired) electrons. The molecule has 0 unspecified atom stereocenters. The minimum absolute atomic E-state index is 0.0483. The Kier molecular flexibility index (Phi) is 5.07. The maximum atomic E-state index is 12.7. The number of Topliss-reactive ketones (excluding diaryl/α,β-unsaturated/α-hetero) is 1. The third kappa shape index (κ3) is 4.16. The lowest BCUT2D eigenvalue weighted by atomic mass is 9.78. The number of carbonyl (C=O) groups excluding carboxylic acids is 1. The summed E-state index contributed by atoms with van der Waals surface area (Å²) in [4.78, 5) is 15.9. The van der Waals surface area contributed by atoms with Gasteiger partial charge in [-0.2, -0.15) is 0 Å². The van der Waals surface area contributed by atoms with E-state index in [1.54, 1.807) is 0 Å². The van der Waals surface area contributed by atoms with E-state index in [0.29, 0.717) is 11.3 Å². The lowest BCUT2D eigenvalue weighted by Gasteiger charge is -2.28. The predicted molar refractivity (Wildman–Crippen MR) is 97.9 cm³/mol. The molecule has 0 spiro atoms. The van der Waals surface area contributed by atoms with Crippen molar-refractivity contribution in [2.45, 2.75) is 65.2 Å². The molecule has 0 fully saturated rings. The minimum atomic E-state index is -0.227. The van der Waals surface area contributed by atoms with Gasteiger partial charge in [-0.25, -0.2) is 0 Å². The Morgan fingerprint density at radius 1 is 1.12 bits per heavy atom. The van der Waals surface area contributed by atoms with Gasteiger partial charge in [0, 0.05) is 16.7 Å². The van der Waals surface area contributed by atoms with Gasteiger partial charge in [0.2, 0.25) is 11.6 Å². The van der Waals surface area contributed by atoms with E-state index < -0.39 is 0 Å². The first kappa shape index (κ1) is 18.5. The van der Waals surface area contributed by atoms with Crippen LogP contribution < -0.4 is 10.3 Å². The fourth-order valence-corrected chi connectivity index (χ4v) is 2.97. The number of phenolic OH excluding ortho intramolecular Hbond substituents is 1. The average molecular weight is 331 g/mol. The molecule has 1 heterocycles. The second kappa shape index (κ2) is 6.58. The summed E-state index contributed by atoms with van der Waals surface area (Å²) < 4.78 is 0. The van der Waals surface area contributed by atoms with Gasteiger partial charge in [0.15, 0.2) is 0 Å². The van der Waals surface area contributed by atoms with Gasteiger partial charge in [-0.3, -0.25) is 15.1 Å². The van der Waals surface area contributed by atoms with Gasteiger partial charge in [-0.1, -0.05) is 41.5 Å². The SMILES string of the molecule is CC(C)(C)c1cc(C(=O)CNC2=[NH+]CCC2)cc(C(C)(C)C)c1O. The highest BCUT2D eigenvalue weighted by molar-refractivity contribution is 6.00. The van der Waals surface area contributed by atoms with E-state index in [-0.39, 0.29) is 23.2 Å². The molecule has 1 aromatic carbocycles. The molecule has 3 N–H and O–H groups in total. The van der Waals surface area contributed by atoms with E-state index in [1.165, 1.54) is 0 Å². The highest BCUT2D eigenvalue weighted by Gasteiger charge is 2.28. The number of carbonyl (C=O) groups is 1. The van der Waals surface area contributed by atoms with Crippen LogP contribution in [0.2, 0.25) is 0 Å². The van der Waals surface area contributed by atoms with Gasteiger partial charge in [-0.15, -0.1) is 0 Å². The first-order valence-electron chi connectivity index (χ1n) is 8.75. The van der Waals surface area contributed by atoms with Crippen molar-refractivity contribution >= 4 is 11.6 Å². The van der Waals surface area contributed by atoms with E-state index >= 15 is 0 Å². The zero-order valence-electron chi connectivity index (χ0n) is 15.8. The maximum Gasteiger partial charge on any atom is 0.243 e. The normalized spacial score (nSPS) is 15.3. The zero-order valence-corrected chi connectivity index (χ0v) is 15.8. The molecule has 132 valence electrons. The van der Waals surface area contributed by atoms with Crippen molar-refractivity contribution in [3.8, 4) is 5.75 Å². The van der Waals surface area contributed by atoms with Crippen LogP contribution in [0.4, 0.5) is 0 Å². The molecule has 1 aliphatic heterocycles. The number of aromatic hydroxyl groups is 1. The third-order valence-corrected chi connectivity index (χ3v) is 4.45. The highest BCUT2D eigenvalue weighted by atomic mass is 16.3. The van der Waals surface area contributed by atoms with Gasteiger partial charge < -0.3 is 5.11 Å². The Morgan fingerprint density at radius 2 is 1.67 bits per heavy atom. The molecule has 0 saturated carbocycles. The molecule has 0 aliphatic carbocycles. The standard InChI is InChI=1S/C20H30N2O2/c1-19(2,3)14-10-13(11-15(18(14)24)20(4,5)6)16(23)12-22-17-8-7-9-21-17/h10-11,24H,7-9,12H2,1-6H3,(H,21,22)/p+1. The van der Waals surface area contributed by atoms with Crippen molar-refractivity contribution in [2.75, 3.05) is 13.1 Å². The predicted octanol–water partition coefficient (Wildman–Crippen LogP) is 2.03. The molecule has 0 atom stereocenters. The van der Waals surface area contributed by atoms with Crippen molar-refractivity contribution in [2.24, 2.45) is 0 Å². The molecule has 4 heteroatoms. The maximum absolute atomic E-state index is 12.7. The number of benzene rings is 1. The molecule has 0 amide bonds. The lowest BCUT2D eigenvalue weighted by Crippen LogP contribution is -2.72. The van der Waals surface area contributed by atoms with Crippen LogP contribution in [0.1, 0.15) is 75.9 Å². The summed E-state index contributed by atoms with van der Waals surface area (Å²) in [6.45, 7) is 13.6. The van der Waals surface area contributed by atoms with Gasteiger partial charge >= 0.3 is 0 Å². The van der Waals surface area contributed by atoms with Crippen LogP contribution >= 0.6 is 0 Å². The van der Waals surface area contributed by atoms with E-state index in [0.717, 1.165) is 36.3 Å². The Bertz CT molecular complexity index is 626. The van der Waals surface area contributed by atoms with Crippen LogP contribution in [0.5, 0.6) is 5.75 Å². The van der Waals surface area contributed by atoms with E-state index in [1.807, 2.05) is 12.1 Å². The zero-order chi connectivity index (χ0) is 18.1. The first-order valence-corrected chi connectivity index (χ1v) is 8.75. The van der Waals surface area contributed by atoms with Crippen LogP contribution in [0.3, 0.4) is 0 Å². The largest absolute Gasteiger partial charge is 0.507 e. The molecule has 0 bridgehead atoms. The summed E-state index contributed by atoms with van der Waals surface area (Å²) in [7, 11) is 0. The van der Waals surface area contributed by atoms with Gasteiger partial charge in [0.25, 0.3) is 0 Å². The van der Waals surface area contributed by atoms with Crippen LogP contribution in [-0.2, 0) is 10.8 Å². The minimum Gasteiger partial charge on any atom is -0.507 e.